The Morgan fingerprint density at radius 3 is 2.68 bits per heavy atom. The first kappa shape index (κ1) is 22.0. The van der Waals surface area contributed by atoms with Crippen LogP contribution >= 0.6 is 0 Å². The standard InChI is InChI=1S/C25H34FN3O2/c1-16-7-6-10-22(17(16)2)27-24(30)19-11-13-29(14-12-19)15-23-18(3)31-25(28-23)20-8-4-5-9-21(20)26/h4-5,8-9,16-17,19,22H,6-7,10-15H2,1-3H3,(H,27,30). The molecule has 5 nitrogen and oxygen atoms in total. The molecule has 2 aliphatic rings. The summed E-state index contributed by atoms with van der Waals surface area (Å²) in [4.78, 5) is 19.7. The second-order valence-electron chi connectivity index (χ2n) is 9.43. The Kier molecular flexibility index (Phi) is 6.75. The molecule has 1 aromatic heterocycles. The number of oxazole rings is 1. The van der Waals surface area contributed by atoms with Crippen LogP contribution in [0.3, 0.4) is 0 Å². The molecule has 1 aromatic carbocycles. The molecule has 31 heavy (non-hydrogen) atoms. The fourth-order valence-electron chi connectivity index (χ4n) is 4.98. The van der Waals surface area contributed by atoms with Crippen molar-refractivity contribution in [1.82, 2.24) is 15.2 Å². The van der Waals surface area contributed by atoms with Crippen LogP contribution in [0.25, 0.3) is 11.5 Å². The SMILES string of the molecule is Cc1oc(-c2ccccc2F)nc1CN1CCC(C(=O)NC2CCCC(C)C2C)CC1. The molecule has 6 heteroatoms. The van der Waals surface area contributed by atoms with Crippen molar-refractivity contribution in [3.63, 3.8) is 0 Å². The molecule has 2 aromatic rings. The lowest BCUT2D eigenvalue weighted by Gasteiger charge is -2.36. The third kappa shape index (κ3) is 5.00. The smallest absolute Gasteiger partial charge is 0.229 e. The van der Waals surface area contributed by atoms with Crippen molar-refractivity contribution in [3.8, 4) is 11.5 Å². The van der Waals surface area contributed by atoms with Gasteiger partial charge in [0, 0.05) is 18.5 Å². The van der Waals surface area contributed by atoms with Crippen molar-refractivity contribution in [2.75, 3.05) is 13.1 Å². The summed E-state index contributed by atoms with van der Waals surface area (Å²) in [5, 5.41) is 3.35. The zero-order chi connectivity index (χ0) is 22.0. The summed E-state index contributed by atoms with van der Waals surface area (Å²) in [6, 6.07) is 6.86. The molecule has 1 N–H and O–H groups in total. The van der Waals surface area contributed by atoms with E-state index in [0.717, 1.165) is 43.8 Å². The average Bonchev–Trinajstić information content (AvgIpc) is 3.12. The fourth-order valence-corrected chi connectivity index (χ4v) is 4.98. The van der Waals surface area contributed by atoms with Gasteiger partial charge in [0.2, 0.25) is 11.8 Å². The van der Waals surface area contributed by atoms with Crippen LogP contribution in [0.2, 0.25) is 0 Å². The van der Waals surface area contributed by atoms with E-state index in [2.05, 4.69) is 29.0 Å². The summed E-state index contributed by atoms with van der Waals surface area (Å²) in [7, 11) is 0. The van der Waals surface area contributed by atoms with Gasteiger partial charge in [0.15, 0.2) is 0 Å². The van der Waals surface area contributed by atoms with E-state index < -0.39 is 0 Å². The number of aromatic nitrogens is 1. The van der Waals surface area contributed by atoms with Crippen LogP contribution in [0, 0.1) is 30.5 Å². The Balaban J connectivity index is 1.30. The number of carbonyl (C=O) groups excluding carboxylic acids is 1. The molecule has 1 saturated heterocycles. The first-order valence-corrected chi connectivity index (χ1v) is 11.7. The van der Waals surface area contributed by atoms with Crippen molar-refractivity contribution < 1.29 is 13.6 Å². The fraction of sp³-hybridized carbons (Fsp3) is 0.600. The van der Waals surface area contributed by atoms with Gasteiger partial charge in [0.1, 0.15) is 11.6 Å². The molecule has 1 aliphatic carbocycles. The third-order valence-electron chi connectivity index (χ3n) is 7.36. The molecule has 4 rings (SSSR count). The second-order valence-corrected chi connectivity index (χ2v) is 9.43. The lowest BCUT2D eigenvalue weighted by atomic mass is 9.78. The van der Waals surface area contributed by atoms with E-state index in [0.29, 0.717) is 35.9 Å². The lowest BCUT2D eigenvalue weighted by molar-refractivity contribution is -0.128. The quantitative estimate of drug-likeness (QED) is 0.734. The van der Waals surface area contributed by atoms with Gasteiger partial charge in [-0.15, -0.1) is 0 Å². The van der Waals surface area contributed by atoms with E-state index in [-0.39, 0.29) is 17.6 Å². The van der Waals surface area contributed by atoms with E-state index in [1.807, 2.05) is 6.92 Å². The summed E-state index contributed by atoms with van der Waals surface area (Å²) in [5.74, 6) is 2.27. The van der Waals surface area contributed by atoms with Gasteiger partial charge in [-0.3, -0.25) is 9.69 Å². The molecule has 1 aliphatic heterocycles. The molecule has 2 heterocycles. The number of aryl methyl sites for hydroxylation is 1. The minimum Gasteiger partial charge on any atom is -0.441 e. The van der Waals surface area contributed by atoms with Crippen LogP contribution < -0.4 is 5.32 Å². The Labute approximate surface area is 184 Å². The van der Waals surface area contributed by atoms with Crippen LogP contribution in [0.4, 0.5) is 4.39 Å². The first-order valence-electron chi connectivity index (χ1n) is 11.7. The predicted molar refractivity (Wildman–Crippen MR) is 119 cm³/mol. The van der Waals surface area contributed by atoms with Crippen LogP contribution in [0.1, 0.15) is 57.4 Å². The molecule has 3 atom stereocenters. The van der Waals surface area contributed by atoms with Gasteiger partial charge in [0.05, 0.1) is 11.3 Å². The number of likely N-dealkylation sites (tertiary alicyclic amines) is 1. The van der Waals surface area contributed by atoms with E-state index in [1.54, 1.807) is 18.2 Å². The molecular weight excluding hydrogens is 393 g/mol. The van der Waals surface area contributed by atoms with E-state index in [1.165, 1.54) is 18.9 Å². The van der Waals surface area contributed by atoms with Crippen LogP contribution in [-0.4, -0.2) is 34.9 Å². The minimum atomic E-state index is -0.330. The highest BCUT2D eigenvalue weighted by atomic mass is 19.1. The number of nitrogens with one attached hydrogen (secondary N) is 1. The van der Waals surface area contributed by atoms with Crippen molar-refractivity contribution in [2.24, 2.45) is 17.8 Å². The van der Waals surface area contributed by atoms with Crippen molar-refractivity contribution >= 4 is 5.91 Å². The number of amides is 1. The zero-order valence-corrected chi connectivity index (χ0v) is 18.9. The average molecular weight is 428 g/mol. The van der Waals surface area contributed by atoms with Gasteiger partial charge in [-0.05, 0) is 63.2 Å². The minimum absolute atomic E-state index is 0.0908. The molecule has 1 amide bonds. The number of nitrogens with zero attached hydrogens (tertiary/aromatic N) is 2. The van der Waals surface area contributed by atoms with Gasteiger partial charge < -0.3 is 9.73 Å². The van der Waals surface area contributed by atoms with Gasteiger partial charge in [-0.1, -0.05) is 38.8 Å². The van der Waals surface area contributed by atoms with Gasteiger partial charge in [-0.25, -0.2) is 9.37 Å². The Hall–Kier alpha value is -2.21. The zero-order valence-electron chi connectivity index (χ0n) is 18.9. The van der Waals surface area contributed by atoms with E-state index in [9.17, 15) is 9.18 Å². The van der Waals surface area contributed by atoms with Gasteiger partial charge >= 0.3 is 0 Å². The summed E-state index contributed by atoms with van der Waals surface area (Å²) in [5.41, 5.74) is 1.23. The lowest BCUT2D eigenvalue weighted by Crippen LogP contribution is -2.48. The number of hydrogen-bond acceptors (Lipinski definition) is 4. The Morgan fingerprint density at radius 1 is 1.19 bits per heavy atom. The highest BCUT2D eigenvalue weighted by molar-refractivity contribution is 5.79. The summed E-state index contributed by atoms with van der Waals surface area (Å²) < 4.78 is 19.8. The van der Waals surface area contributed by atoms with Crippen LogP contribution in [0.15, 0.2) is 28.7 Å². The first-order chi connectivity index (χ1) is 14.9. The third-order valence-corrected chi connectivity index (χ3v) is 7.36. The number of benzene rings is 1. The summed E-state index contributed by atoms with van der Waals surface area (Å²) in [6.07, 6.45) is 5.30. The van der Waals surface area contributed by atoms with E-state index in [4.69, 9.17) is 4.42 Å². The normalized spacial score (nSPS) is 25.5. The number of carbonyl (C=O) groups is 1. The van der Waals surface area contributed by atoms with Gasteiger partial charge in [0.25, 0.3) is 0 Å². The maximum Gasteiger partial charge on any atom is 0.229 e. The topological polar surface area (TPSA) is 58.4 Å². The molecule has 3 unspecified atom stereocenters. The number of rotatable bonds is 5. The molecule has 2 fully saturated rings. The number of halogens is 1. The largest absolute Gasteiger partial charge is 0.441 e. The molecule has 0 bridgehead atoms. The highest BCUT2D eigenvalue weighted by Crippen LogP contribution is 2.30. The van der Waals surface area contributed by atoms with Gasteiger partial charge in [-0.2, -0.15) is 0 Å². The van der Waals surface area contributed by atoms with Crippen LogP contribution in [0.5, 0.6) is 0 Å². The molecule has 0 radical (unpaired) electrons. The Bertz CT molecular complexity index is 904. The highest BCUT2D eigenvalue weighted by Gasteiger charge is 2.32. The summed E-state index contributed by atoms with van der Waals surface area (Å²) in [6.45, 7) is 8.82. The summed E-state index contributed by atoms with van der Waals surface area (Å²) >= 11 is 0. The molecule has 1 saturated carbocycles. The molecule has 0 spiro atoms. The maximum atomic E-state index is 14.1. The monoisotopic (exact) mass is 427 g/mol. The van der Waals surface area contributed by atoms with E-state index >= 15 is 0 Å². The maximum absolute atomic E-state index is 14.1. The Morgan fingerprint density at radius 2 is 1.94 bits per heavy atom. The number of piperidine rings is 1. The second kappa shape index (κ2) is 9.51. The molecule has 168 valence electrons. The van der Waals surface area contributed by atoms with Crippen molar-refractivity contribution in [2.45, 2.75) is 65.5 Å². The van der Waals surface area contributed by atoms with Crippen molar-refractivity contribution in [3.05, 3.63) is 41.5 Å². The van der Waals surface area contributed by atoms with Crippen LogP contribution in [-0.2, 0) is 11.3 Å². The number of hydrogen-bond donors (Lipinski definition) is 1. The van der Waals surface area contributed by atoms with Crippen molar-refractivity contribution in [1.29, 1.82) is 0 Å². The molecular formula is C25H34FN3O2. The predicted octanol–water partition coefficient (Wildman–Crippen LogP) is 4.94.